The van der Waals surface area contributed by atoms with Crippen LogP contribution in [-0.2, 0) is 28.6 Å². The molecule has 8 nitrogen and oxygen atoms in total. The van der Waals surface area contributed by atoms with Crippen LogP contribution in [0.3, 0.4) is 0 Å². The summed E-state index contributed by atoms with van der Waals surface area (Å²) in [6, 6.07) is -0.741. The summed E-state index contributed by atoms with van der Waals surface area (Å²) in [4.78, 5) is 37.1. The van der Waals surface area contributed by atoms with E-state index in [1.165, 1.54) is 64.2 Å². The summed E-state index contributed by atoms with van der Waals surface area (Å²) in [6.45, 7) is 4.48. The summed E-state index contributed by atoms with van der Waals surface area (Å²) < 4.78 is 17.2. The van der Waals surface area contributed by atoms with Crippen molar-refractivity contribution in [3.8, 4) is 0 Å². The number of unbranched alkanes of at least 4 members (excludes halogenated alkanes) is 15. The van der Waals surface area contributed by atoms with Gasteiger partial charge in [0.15, 0.2) is 6.10 Å². The van der Waals surface area contributed by atoms with Gasteiger partial charge in [0.25, 0.3) is 0 Å². The van der Waals surface area contributed by atoms with E-state index in [-0.39, 0.29) is 49.1 Å². The predicted octanol–water partition coefficient (Wildman–Crippen LogP) is 14.6. The second kappa shape index (κ2) is 49.4. The maximum Gasteiger partial charge on any atom is 0.306 e. The van der Waals surface area contributed by atoms with E-state index in [0.29, 0.717) is 12.8 Å². The molecule has 8 heteroatoms. The van der Waals surface area contributed by atoms with Gasteiger partial charge < -0.3 is 28.6 Å². The van der Waals surface area contributed by atoms with Gasteiger partial charge in [-0.2, -0.15) is 0 Å². The highest BCUT2D eigenvalue weighted by molar-refractivity contribution is 5.70. The van der Waals surface area contributed by atoms with Gasteiger partial charge in [-0.15, -0.1) is 0 Å². The molecule has 0 saturated heterocycles. The van der Waals surface area contributed by atoms with E-state index in [1.807, 2.05) is 0 Å². The number of likely N-dealkylation sites (N-methyl/N-ethyl adjacent to an activating group) is 1. The van der Waals surface area contributed by atoms with E-state index < -0.39 is 18.1 Å². The Hall–Kier alpha value is -4.01. The van der Waals surface area contributed by atoms with Gasteiger partial charge in [0.05, 0.1) is 40.3 Å². The maximum atomic E-state index is 12.8. The molecule has 2 unspecified atom stereocenters. The molecule has 0 fully saturated rings. The zero-order valence-corrected chi connectivity index (χ0v) is 44.0. The average molecular weight is 946 g/mol. The molecule has 0 aromatic heterocycles. The second-order valence-electron chi connectivity index (χ2n) is 18.7. The number of rotatable bonds is 47. The van der Waals surface area contributed by atoms with Crippen LogP contribution < -0.4 is 5.11 Å². The Morgan fingerprint density at radius 2 is 0.824 bits per heavy atom. The second-order valence-corrected chi connectivity index (χ2v) is 18.7. The molecule has 0 aliphatic carbocycles. The third-order valence-electron chi connectivity index (χ3n) is 11.4. The fraction of sp³-hybridized carbons (Fsp3) is 0.650. The topological polar surface area (TPSA) is 102 Å². The normalized spacial score (nSPS) is 13.7. The van der Waals surface area contributed by atoms with Crippen LogP contribution in [-0.4, -0.2) is 75.5 Å². The Bertz CT molecular complexity index is 1470. The Balaban J connectivity index is 4.33. The molecule has 0 spiro atoms. The standard InChI is InChI=1S/C60H99NO7/c1-6-8-10-12-14-16-18-20-22-24-26-28-30-32-34-36-38-40-42-44-46-48-50-58(62)67-55-56(54-66-53-52-57(60(64)65)61(3,4)5)68-59(63)51-49-47-45-43-41-39-37-35-33-31-29-27-25-23-21-19-17-15-13-11-9-7-2/h9,11,14-17,20-23,26-29,33,35,39,41,56-57H,6-8,10,12-13,18-19,24-25,30-32,34,36-38,40,42-55H2,1-5H3/b11-9+,16-14+,17-15+,22-20+,23-21+,28-26+,29-27+,35-33+,41-39+. The zero-order valence-electron chi connectivity index (χ0n) is 44.0. The van der Waals surface area contributed by atoms with E-state index >= 15 is 0 Å². The summed E-state index contributed by atoms with van der Waals surface area (Å²) in [5.74, 6) is -1.79. The third-order valence-corrected chi connectivity index (χ3v) is 11.4. The molecule has 68 heavy (non-hydrogen) atoms. The summed E-state index contributed by atoms with van der Waals surface area (Å²) >= 11 is 0. The minimum Gasteiger partial charge on any atom is -0.544 e. The van der Waals surface area contributed by atoms with E-state index in [9.17, 15) is 19.5 Å². The van der Waals surface area contributed by atoms with Crippen LogP contribution in [0.4, 0.5) is 0 Å². The van der Waals surface area contributed by atoms with Crippen molar-refractivity contribution >= 4 is 17.9 Å². The molecule has 386 valence electrons. The Morgan fingerprint density at radius 3 is 1.24 bits per heavy atom. The number of carboxylic acids is 1. The van der Waals surface area contributed by atoms with E-state index in [0.717, 1.165) is 96.3 Å². The van der Waals surface area contributed by atoms with Crippen LogP contribution in [0, 0.1) is 0 Å². The number of aliphatic carboxylic acids is 1. The number of nitrogens with zero attached hydrogens (tertiary/aromatic N) is 1. The van der Waals surface area contributed by atoms with Crippen molar-refractivity contribution in [2.45, 2.75) is 212 Å². The Morgan fingerprint density at radius 1 is 0.456 bits per heavy atom. The SMILES string of the molecule is CC/C=C/C/C=C/C/C=C/C/C=C/C/C=C/C/C=C/CCCCCC(=O)OC(COCCC(C(=O)[O-])[N+](C)(C)C)COC(=O)CCCCCCCCCCC/C=C/C/C=C/C/C=C/CCCCC. The highest BCUT2D eigenvalue weighted by Gasteiger charge is 2.25. The number of quaternary nitrogens is 1. The first-order valence-electron chi connectivity index (χ1n) is 26.9. The van der Waals surface area contributed by atoms with Crippen molar-refractivity contribution in [1.29, 1.82) is 0 Å². The van der Waals surface area contributed by atoms with Gasteiger partial charge in [-0.25, -0.2) is 0 Å². The van der Waals surface area contributed by atoms with Crippen molar-refractivity contribution in [3.05, 3.63) is 109 Å². The van der Waals surface area contributed by atoms with Gasteiger partial charge in [-0.3, -0.25) is 9.59 Å². The quantitative estimate of drug-likeness (QED) is 0.0259. The summed E-state index contributed by atoms with van der Waals surface area (Å²) in [5.41, 5.74) is 0. The first kappa shape index (κ1) is 64.0. The van der Waals surface area contributed by atoms with E-state index in [2.05, 4.69) is 123 Å². The number of hydrogen-bond acceptors (Lipinski definition) is 7. The van der Waals surface area contributed by atoms with E-state index in [4.69, 9.17) is 14.2 Å². The lowest BCUT2D eigenvalue weighted by molar-refractivity contribution is -0.889. The monoisotopic (exact) mass is 946 g/mol. The molecule has 0 aromatic carbocycles. The van der Waals surface area contributed by atoms with Gasteiger partial charge in [0.2, 0.25) is 0 Å². The van der Waals surface area contributed by atoms with Crippen molar-refractivity contribution in [2.75, 3.05) is 41.0 Å². The fourth-order valence-electron chi connectivity index (χ4n) is 7.26. The molecule has 0 aliphatic rings. The molecular formula is C60H99NO7. The molecule has 0 radical (unpaired) electrons. The van der Waals surface area contributed by atoms with Crippen LogP contribution in [0.2, 0.25) is 0 Å². The number of carboxylic acid groups (broad SMARTS) is 1. The highest BCUT2D eigenvalue weighted by atomic mass is 16.6. The van der Waals surface area contributed by atoms with Gasteiger partial charge in [-0.1, -0.05) is 187 Å². The number of ether oxygens (including phenoxy) is 3. The molecule has 0 heterocycles. The smallest absolute Gasteiger partial charge is 0.306 e. The molecule has 0 saturated carbocycles. The van der Waals surface area contributed by atoms with Crippen molar-refractivity contribution < 1.29 is 38.2 Å². The number of hydrogen-bond donors (Lipinski definition) is 0. The van der Waals surface area contributed by atoms with Crippen LogP contribution in [0.15, 0.2) is 109 Å². The van der Waals surface area contributed by atoms with Crippen molar-refractivity contribution in [1.82, 2.24) is 0 Å². The number of carbonyl (C=O) groups excluding carboxylic acids is 3. The van der Waals surface area contributed by atoms with Gasteiger partial charge in [-0.05, 0) is 103 Å². The molecule has 0 rings (SSSR count). The Labute approximate surface area is 417 Å². The van der Waals surface area contributed by atoms with Gasteiger partial charge in [0, 0.05) is 19.3 Å². The van der Waals surface area contributed by atoms with Crippen LogP contribution in [0.1, 0.15) is 200 Å². The summed E-state index contributed by atoms with van der Waals surface area (Å²) in [6.07, 6.45) is 68.3. The minimum atomic E-state index is -1.14. The van der Waals surface area contributed by atoms with Crippen molar-refractivity contribution in [3.63, 3.8) is 0 Å². The van der Waals surface area contributed by atoms with Crippen LogP contribution >= 0.6 is 0 Å². The molecule has 0 aliphatic heterocycles. The lowest BCUT2D eigenvalue weighted by Crippen LogP contribution is -2.55. The Kier molecular flexibility index (Phi) is 46.5. The minimum absolute atomic E-state index is 0.0183. The molecular weight excluding hydrogens is 847 g/mol. The molecule has 0 aromatic rings. The van der Waals surface area contributed by atoms with Gasteiger partial charge in [0.1, 0.15) is 12.6 Å². The van der Waals surface area contributed by atoms with Gasteiger partial charge >= 0.3 is 11.9 Å². The fourth-order valence-corrected chi connectivity index (χ4v) is 7.26. The number of esters is 2. The molecule has 0 amide bonds. The average Bonchev–Trinajstić information content (AvgIpc) is 3.30. The zero-order chi connectivity index (χ0) is 49.9. The third kappa shape index (κ3) is 47.1. The molecule has 0 N–H and O–H groups in total. The summed E-state index contributed by atoms with van der Waals surface area (Å²) in [7, 11) is 5.39. The predicted molar refractivity (Wildman–Crippen MR) is 286 cm³/mol. The first-order valence-corrected chi connectivity index (χ1v) is 26.9. The highest BCUT2D eigenvalue weighted by Crippen LogP contribution is 2.14. The van der Waals surface area contributed by atoms with Crippen molar-refractivity contribution in [2.24, 2.45) is 0 Å². The maximum absolute atomic E-state index is 12.8. The lowest BCUT2D eigenvalue weighted by atomic mass is 10.1. The largest absolute Gasteiger partial charge is 0.544 e. The number of carbonyl (C=O) groups is 3. The summed E-state index contributed by atoms with van der Waals surface area (Å²) in [5, 5.41) is 11.7. The van der Waals surface area contributed by atoms with Crippen LogP contribution in [0.25, 0.3) is 0 Å². The van der Waals surface area contributed by atoms with E-state index in [1.54, 1.807) is 21.1 Å². The molecule has 0 bridgehead atoms. The molecule has 2 atom stereocenters. The first-order chi connectivity index (χ1) is 33.1. The number of allylic oxidation sites excluding steroid dienone is 18. The van der Waals surface area contributed by atoms with Crippen LogP contribution in [0.5, 0.6) is 0 Å². The lowest BCUT2D eigenvalue weighted by Gasteiger charge is -2.34.